The summed E-state index contributed by atoms with van der Waals surface area (Å²) in [5.41, 5.74) is 0.874. The molecule has 0 aliphatic carbocycles. The third kappa shape index (κ3) is 4.07. The molecule has 3 rings (SSSR count). The van der Waals surface area contributed by atoms with E-state index < -0.39 is 17.5 Å². The number of anilines is 1. The summed E-state index contributed by atoms with van der Waals surface area (Å²) < 4.78 is 26.2. The van der Waals surface area contributed by atoms with Crippen LogP contribution in [-0.4, -0.2) is 29.8 Å². The van der Waals surface area contributed by atoms with Crippen LogP contribution in [0.4, 0.5) is 14.5 Å². The maximum Gasteiger partial charge on any atom is 0.255 e. The molecule has 6 heteroatoms. The minimum absolute atomic E-state index is 0.0978. The number of piperidine rings is 1. The van der Waals surface area contributed by atoms with Crippen LogP contribution in [0.1, 0.15) is 40.5 Å². The molecule has 1 fully saturated rings. The number of likely N-dealkylation sites (tertiary alicyclic amines) is 1. The van der Waals surface area contributed by atoms with E-state index in [9.17, 15) is 18.4 Å². The van der Waals surface area contributed by atoms with Gasteiger partial charge in [-0.15, -0.1) is 0 Å². The largest absolute Gasteiger partial charge is 0.339 e. The molecule has 0 unspecified atom stereocenters. The highest BCUT2D eigenvalue weighted by Crippen LogP contribution is 2.19. The van der Waals surface area contributed by atoms with Crippen LogP contribution >= 0.6 is 0 Å². The number of carbonyl (C=O) groups excluding carboxylic acids is 2. The van der Waals surface area contributed by atoms with Crippen LogP contribution in [0.2, 0.25) is 0 Å². The van der Waals surface area contributed by atoms with Gasteiger partial charge in [0, 0.05) is 36.0 Å². The number of halogens is 2. The van der Waals surface area contributed by atoms with Gasteiger partial charge in [0.2, 0.25) is 0 Å². The summed E-state index contributed by atoms with van der Waals surface area (Å²) in [7, 11) is 0. The maximum atomic E-state index is 13.3. The normalized spacial score (nSPS) is 15.0. The van der Waals surface area contributed by atoms with Gasteiger partial charge < -0.3 is 10.2 Å². The zero-order valence-electron chi connectivity index (χ0n) is 14.5. The van der Waals surface area contributed by atoms with E-state index in [2.05, 4.69) is 12.2 Å². The fraction of sp³-hybridized carbons (Fsp3) is 0.300. The number of benzene rings is 2. The van der Waals surface area contributed by atoms with Crippen molar-refractivity contribution in [1.82, 2.24) is 4.90 Å². The number of nitrogens with zero attached hydrogens (tertiary/aromatic N) is 1. The van der Waals surface area contributed by atoms with Crippen molar-refractivity contribution in [2.24, 2.45) is 5.92 Å². The molecular weight excluding hydrogens is 338 g/mol. The van der Waals surface area contributed by atoms with Gasteiger partial charge in [-0.2, -0.15) is 0 Å². The third-order valence-corrected chi connectivity index (χ3v) is 4.62. The van der Waals surface area contributed by atoms with Gasteiger partial charge in [0.05, 0.1) is 0 Å². The monoisotopic (exact) mass is 358 g/mol. The van der Waals surface area contributed by atoms with Crippen molar-refractivity contribution in [1.29, 1.82) is 0 Å². The van der Waals surface area contributed by atoms with E-state index in [1.54, 1.807) is 23.1 Å². The minimum Gasteiger partial charge on any atom is -0.339 e. The first-order valence-corrected chi connectivity index (χ1v) is 8.60. The number of hydrogen-bond donors (Lipinski definition) is 1. The molecule has 1 saturated heterocycles. The van der Waals surface area contributed by atoms with E-state index in [1.807, 2.05) is 0 Å². The van der Waals surface area contributed by atoms with E-state index >= 15 is 0 Å². The van der Waals surface area contributed by atoms with Gasteiger partial charge >= 0.3 is 0 Å². The molecular formula is C20H20F2N2O2. The van der Waals surface area contributed by atoms with Gasteiger partial charge in [0.1, 0.15) is 0 Å². The number of rotatable bonds is 3. The smallest absolute Gasteiger partial charge is 0.255 e. The summed E-state index contributed by atoms with van der Waals surface area (Å²) in [4.78, 5) is 26.8. The highest BCUT2D eigenvalue weighted by Gasteiger charge is 2.22. The second kappa shape index (κ2) is 7.64. The lowest BCUT2D eigenvalue weighted by Gasteiger charge is -2.30. The van der Waals surface area contributed by atoms with Crippen molar-refractivity contribution < 1.29 is 18.4 Å². The Morgan fingerprint density at radius 3 is 2.38 bits per heavy atom. The Kier molecular flexibility index (Phi) is 5.30. The Morgan fingerprint density at radius 1 is 1.00 bits per heavy atom. The van der Waals surface area contributed by atoms with Gasteiger partial charge in [-0.3, -0.25) is 9.59 Å². The second-order valence-corrected chi connectivity index (χ2v) is 6.64. The molecule has 1 aliphatic heterocycles. The van der Waals surface area contributed by atoms with Gasteiger partial charge in [-0.25, -0.2) is 8.78 Å². The fourth-order valence-electron chi connectivity index (χ4n) is 2.96. The van der Waals surface area contributed by atoms with Crippen LogP contribution in [0, 0.1) is 17.6 Å². The van der Waals surface area contributed by atoms with Crippen LogP contribution in [0.3, 0.4) is 0 Å². The number of amides is 2. The Morgan fingerprint density at radius 2 is 1.69 bits per heavy atom. The summed E-state index contributed by atoms with van der Waals surface area (Å²) in [6.45, 7) is 3.60. The molecule has 26 heavy (non-hydrogen) atoms. The molecule has 0 atom stereocenters. The topological polar surface area (TPSA) is 49.4 Å². The maximum absolute atomic E-state index is 13.3. The summed E-state index contributed by atoms with van der Waals surface area (Å²) in [6.07, 6.45) is 1.95. The van der Waals surface area contributed by atoms with Crippen molar-refractivity contribution in [2.75, 3.05) is 18.4 Å². The average molecular weight is 358 g/mol. The first-order valence-electron chi connectivity index (χ1n) is 8.60. The van der Waals surface area contributed by atoms with Gasteiger partial charge in [0.15, 0.2) is 11.6 Å². The highest BCUT2D eigenvalue weighted by molar-refractivity contribution is 6.06. The molecule has 0 aromatic heterocycles. The predicted molar refractivity (Wildman–Crippen MR) is 95.1 cm³/mol. The molecule has 2 aromatic carbocycles. The van der Waals surface area contributed by atoms with Crippen molar-refractivity contribution in [2.45, 2.75) is 19.8 Å². The second-order valence-electron chi connectivity index (χ2n) is 6.64. The van der Waals surface area contributed by atoms with E-state index in [1.165, 1.54) is 12.1 Å². The van der Waals surface area contributed by atoms with Crippen LogP contribution in [0.5, 0.6) is 0 Å². The third-order valence-electron chi connectivity index (χ3n) is 4.62. The molecule has 4 nitrogen and oxygen atoms in total. The van der Waals surface area contributed by atoms with Crippen molar-refractivity contribution in [3.63, 3.8) is 0 Å². The van der Waals surface area contributed by atoms with Crippen LogP contribution in [-0.2, 0) is 0 Å². The summed E-state index contributed by atoms with van der Waals surface area (Å²) in [6, 6.07) is 9.55. The predicted octanol–water partition coefficient (Wildman–Crippen LogP) is 4.09. The Hall–Kier alpha value is -2.76. The van der Waals surface area contributed by atoms with Crippen molar-refractivity contribution in [3.8, 4) is 0 Å². The minimum atomic E-state index is -1.04. The number of nitrogens with one attached hydrogen (secondary N) is 1. The lowest BCUT2D eigenvalue weighted by Crippen LogP contribution is -2.38. The Bertz CT molecular complexity index is 830. The summed E-state index contributed by atoms with van der Waals surface area (Å²) >= 11 is 0. The Labute approximate surface area is 150 Å². The Balaban J connectivity index is 1.72. The molecule has 2 amide bonds. The molecule has 136 valence electrons. The molecule has 0 bridgehead atoms. The van der Waals surface area contributed by atoms with Crippen molar-refractivity contribution in [3.05, 3.63) is 65.2 Å². The highest BCUT2D eigenvalue weighted by atomic mass is 19.2. The molecule has 2 aromatic rings. The van der Waals surface area contributed by atoms with E-state index in [0.717, 1.165) is 25.0 Å². The zero-order valence-corrected chi connectivity index (χ0v) is 14.5. The molecule has 1 aliphatic rings. The van der Waals surface area contributed by atoms with E-state index in [0.29, 0.717) is 24.6 Å². The average Bonchev–Trinajstić information content (AvgIpc) is 2.65. The molecule has 1 heterocycles. The molecule has 1 N–H and O–H groups in total. The van der Waals surface area contributed by atoms with E-state index in [4.69, 9.17) is 0 Å². The van der Waals surface area contributed by atoms with Gasteiger partial charge in [-0.05, 0) is 49.1 Å². The molecule has 0 saturated carbocycles. The fourth-order valence-corrected chi connectivity index (χ4v) is 2.96. The number of carbonyl (C=O) groups is 2. The summed E-state index contributed by atoms with van der Waals surface area (Å²) in [5, 5.41) is 2.51. The molecule has 0 spiro atoms. The van der Waals surface area contributed by atoms with Gasteiger partial charge in [-0.1, -0.05) is 13.0 Å². The van der Waals surface area contributed by atoms with Crippen LogP contribution in [0.15, 0.2) is 42.5 Å². The first-order chi connectivity index (χ1) is 12.4. The summed E-state index contributed by atoms with van der Waals surface area (Å²) in [5.74, 6) is -1.98. The zero-order chi connectivity index (χ0) is 18.7. The standard InChI is InChI=1S/C20H20F2N2O2/c1-13-7-9-24(10-8-13)20(26)15-4-2-3-14(11-15)19(25)23-16-5-6-17(21)18(22)12-16/h2-6,11-13H,7-10H2,1H3,(H,23,25). The molecule has 0 radical (unpaired) electrons. The lowest BCUT2D eigenvalue weighted by molar-refractivity contribution is 0.0697. The van der Waals surface area contributed by atoms with Crippen LogP contribution < -0.4 is 5.32 Å². The SMILES string of the molecule is CC1CCN(C(=O)c2cccc(C(=O)Nc3ccc(F)c(F)c3)c2)CC1. The van der Waals surface area contributed by atoms with Crippen molar-refractivity contribution >= 4 is 17.5 Å². The van der Waals surface area contributed by atoms with Gasteiger partial charge in [0.25, 0.3) is 11.8 Å². The van der Waals surface area contributed by atoms with Crippen LogP contribution in [0.25, 0.3) is 0 Å². The lowest BCUT2D eigenvalue weighted by atomic mass is 9.98. The van der Waals surface area contributed by atoms with E-state index in [-0.39, 0.29) is 17.2 Å². The number of hydrogen-bond acceptors (Lipinski definition) is 2. The quantitative estimate of drug-likeness (QED) is 0.898. The first kappa shape index (κ1) is 18.0.